The molecule has 13 heavy (non-hydrogen) atoms. The molecular weight excluding hydrogens is 158 g/mol. The quantitative estimate of drug-likeness (QED) is 0.732. The zero-order chi connectivity index (χ0) is 9.10. The molecule has 2 aromatic rings. The highest BCUT2D eigenvalue weighted by molar-refractivity contribution is 5.82. The summed E-state index contributed by atoms with van der Waals surface area (Å²) in [6.07, 6.45) is 0. The third-order valence-electron chi connectivity index (χ3n) is 2.19. The highest BCUT2D eigenvalue weighted by Gasteiger charge is 1.93. The summed E-state index contributed by atoms with van der Waals surface area (Å²) < 4.78 is 0. The second-order valence-corrected chi connectivity index (χ2v) is 3.21. The number of fused-ring (bicyclic) bond motifs is 1. The molecule has 1 heteroatoms. The lowest BCUT2D eigenvalue weighted by Gasteiger charge is -2.02. The van der Waals surface area contributed by atoms with Crippen molar-refractivity contribution in [3.8, 4) is 0 Å². The van der Waals surface area contributed by atoms with E-state index < -0.39 is 0 Å². The predicted molar refractivity (Wildman–Crippen MR) is 56.7 cm³/mol. The number of hydrogen-bond acceptors (Lipinski definition) is 1. The Morgan fingerprint density at radius 1 is 1.00 bits per heavy atom. The summed E-state index contributed by atoms with van der Waals surface area (Å²) >= 11 is 0. The van der Waals surface area contributed by atoms with Crippen LogP contribution in [0.1, 0.15) is 5.56 Å². The van der Waals surface area contributed by atoms with E-state index in [1.165, 1.54) is 16.3 Å². The number of hydrogen-bond donors (Lipinski definition) is 1. The molecule has 0 saturated heterocycles. The van der Waals surface area contributed by atoms with Gasteiger partial charge in [0.05, 0.1) is 0 Å². The van der Waals surface area contributed by atoms with Crippen molar-refractivity contribution >= 4 is 10.8 Å². The summed E-state index contributed by atoms with van der Waals surface area (Å²) in [5, 5.41) is 5.77. The molecule has 1 nitrogen and oxygen atoms in total. The van der Waals surface area contributed by atoms with Gasteiger partial charge in [0, 0.05) is 6.54 Å². The van der Waals surface area contributed by atoms with E-state index in [0.29, 0.717) is 0 Å². The van der Waals surface area contributed by atoms with Gasteiger partial charge in [-0.25, -0.2) is 0 Å². The van der Waals surface area contributed by atoms with Gasteiger partial charge in [-0.3, -0.25) is 0 Å². The largest absolute Gasteiger partial charge is 0.316 e. The Morgan fingerprint density at radius 3 is 2.54 bits per heavy atom. The van der Waals surface area contributed by atoms with E-state index in [1.807, 2.05) is 7.05 Å². The summed E-state index contributed by atoms with van der Waals surface area (Å²) in [4.78, 5) is 0. The standard InChI is InChI=1S/C12H13N/c1-13-9-10-6-7-11-4-2-3-5-12(11)8-10/h2-8,13H,9H2,1H3. The molecule has 0 aromatic heterocycles. The van der Waals surface area contributed by atoms with Crippen LogP contribution >= 0.6 is 0 Å². The summed E-state index contributed by atoms with van der Waals surface area (Å²) in [5.41, 5.74) is 1.33. The molecule has 0 aliphatic rings. The van der Waals surface area contributed by atoms with Crippen LogP contribution in [0.5, 0.6) is 0 Å². The van der Waals surface area contributed by atoms with Crippen LogP contribution < -0.4 is 5.32 Å². The lowest BCUT2D eigenvalue weighted by molar-refractivity contribution is 0.819. The summed E-state index contributed by atoms with van der Waals surface area (Å²) in [7, 11) is 1.97. The van der Waals surface area contributed by atoms with Crippen molar-refractivity contribution in [3.63, 3.8) is 0 Å². The van der Waals surface area contributed by atoms with E-state index in [2.05, 4.69) is 47.8 Å². The topological polar surface area (TPSA) is 12.0 Å². The van der Waals surface area contributed by atoms with Crippen LogP contribution in [0.2, 0.25) is 0 Å². The maximum absolute atomic E-state index is 3.15. The molecule has 66 valence electrons. The van der Waals surface area contributed by atoms with E-state index in [1.54, 1.807) is 0 Å². The molecule has 0 heterocycles. The van der Waals surface area contributed by atoms with E-state index >= 15 is 0 Å². The Hall–Kier alpha value is -1.34. The first-order valence-corrected chi connectivity index (χ1v) is 4.52. The van der Waals surface area contributed by atoms with Crippen LogP contribution in [0.4, 0.5) is 0 Å². The normalized spacial score (nSPS) is 10.5. The second-order valence-electron chi connectivity index (χ2n) is 3.21. The molecule has 0 aliphatic heterocycles. The maximum atomic E-state index is 3.15. The molecule has 0 atom stereocenters. The molecule has 2 rings (SSSR count). The molecule has 0 spiro atoms. The molecule has 0 unspecified atom stereocenters. The molecule has 1 N–H and O–H groups in total. The van der Waals surface area contributed by atoms with Gasteiger partial charge in [0.15, 0.2) is 0 Å². The van der Waals surface area contributed by atoms with Crippen molar-refractivity contribution in [2.24, 2.45) is 0 Å². The molecule has 0 fully saturated rings. The van der Waals surface area contributed by atoms with Gasteiger partial charge in [0.2, 0.25) is 0 Å². The van der Waals surface area contributed by atoms with Crippen molar-refractivity contribution in [1.29, 1.82) is 0 Å². The zero-order valence-corrected chi connectivity index (χ0v) is 7.75. The minimum atomic E-state index is 0.935. The average molecular weight is 171 g/mol. The highest BCUT2D eigenvalue weighted by atomic mass is 14.8. The monoisotopic (exact) mass is 171 g/mol. The van der Waals surface area contributed by atoms with Gasteiger partial charge < -0.3 is 5.32 Å². The number of benzene rings is 2. The first-order chi connectivity index (χ1) is 6.40. The van der Waals surface area contributed by atoms with Gasteiger partial charge in [-0.15, -0.1) is 0 Å². The Kier molecular flexibility index (Phi) is 2.28. The molecule has 2 aromatic carbocycles. The van der Waals surface area contributed by atoms with Crippen LogP contribution in [0.15, 0.2) is 42.5 Å². The van der Waals surface area contributed by atoms with Crippen molar-refractivity contribution in [2.75, 3.05) is 7.05 Å². The van der Waals surface area contributed by atoms with Gasteiger partial charge in [-0.2, -0.15) is 0 Å². The molecular formula is C12H13N. The third-order valence-corrected chi connectivity index (χ3v) is 2.19. The molecule has 0 bridgehead atoms. The van der Waals surface area contributed by atoms with Crippen LogP contribution in [0.25, 0.3) is 10.8 Å². The SMILES string of the molecule is CNCc1ccc2ccccc2c1. The molecule has 0 radical (unpaired) electrons. The van der Waals surface area contributed by atoms with Crippen LogP contribution in [-0.2, 0) is 6.54 Å². The lowest BCUT2D eigenvalue weighted by Crippen LogP contribution is -2.04. The van der Waals surface area contributed by atoms with Gasteiger partial charge in [-0.05, 0) is 29.4 Å². The molecule has 0 saturated carbocycles. The Labute approximate surface area is 78.4 Å². The summed E-state index contributed by atoms with van der Waals surface area (Å²) in [5.74, 6) is 0. The molecule has 0 aliphatic carbocycles. The van der Waals surface area contributed by atoms with Crippen LogP contribution in [0, 0.1) is 0 Å². The van der Waals surface area contributed by atoms with E-state index in [9.17, 15) is 0 Å². The Bertz CT molecular complexity index is 407. The fourth-order valence-corrected chi connectivity index (χ4v) is 1.55. The smallest absolute Gasteiger partial charge is 0.0202 e. The minimum absolute atomic E-state index is 0.935. The average Bonchev–Trinajstić information content (AvgIpc) is 2.18. The van der Waals surface area contributed by atoms with Gasteiger partial charge >= 0.3 is 0 Å². The van der Waals surface area contributed by atoms with Crippen LogP contribution in [-0.4, -0.2) is 7.05 Å². The second kappa shape index (κ2) is 3.58. The van der Waals surface area contributed by atoms with Crippen molar-refractivity contribution in [3.05, 3.63) is 48.0 Å². The minimum Gasteiger partial charge on any atom is -0.316 e. The van der Waals surface area contributed by atoms with E-state index in [0.717, 1.165) is 6.54 Å². The molecule has 0 amide bonds. The summed E-state index contributed by atoms with van der Waals surface area (Å²) in [6, 6.07) is 15.0. The van der Waals surface area contributed by atoms with E-state index in [-0.39, 0.29) is 0 Å². The highest BCUT2D eigenvalue weighted by Crippen LogP contribution is 2.15. The zero-order valence-electron chi connectivity index (χ0n) is 7.75. The Morgan fingerprint density at radius 2 is 1.77 bits per heavy atom. The van der Waals surface area contributed by atoms with Gasteiger partial charge in [-0.1, -0.05) is 36.4 Å². The fourth-order valence-electron chi connectivity index (χ4n) is 1.55. The van der Waals surface area contributed by atoms with Crippen molar-refractivity contribution < 1.29 is 0 Å². The summed E-state index contributed by atoms with van der Waals surface area (Å²) in [6.45, 7) is 0.935. The third kappa shape index (κ3) is 1.70. The predicted octanol–water partition coefficient (Wildman–Crippen LogP) is 2.56. The first kappa shape index (κ1) is 8.27. The first-order valence-electron chi connectivity index (χ1n) is 4.52. The van der Waals surface area contributed by atoms with Crippen molar-refractivity contribution in [1.82, 2.24) is 5.32 Å². The van der Waals surface area contributed by atoms with Gasteiger partial charge in [0.25, 0.3) is 0 Å². The van der Waals surface area contributed by atoms with Gasteiger partial charge in [0.1, 0.15) is 0 Å². The number of rotatable bonds is 2. The number of nitrogens with one attached hydrogen (secondary N) is 1. The Balaban J connectivity index is 2.49. The van der Waals surface area contributed by atoms with Crippen LogP contribution in [0.3, 0.4) is 0 Å². The maximum Gasteiger partial charge on any atom is 0.0202 e. The van der Waals surface area contributed by atoms with Crippen molar-refractivity contribution in [2.45, 2.75) is 6.54 Å². The fraction of sp³-hybridized carbons (Fsp3) is 0.167. The van der Waals surface area contributed by atoms with E-state index in [4.69, 9.17) is 0 Å². The lowest BCUT2D eigenvalue weighted by atomic mass is 10.1.